The van der Waals surface area contributed by atoms with Gasteiger partial charge in [0.05, 0.1) is 18.8 Å². The van der Waals surface area contributed by atoms with E-state index in [1.54, 1.807) is 6.20 Å². The standard InChI is InChI=1S/C12H19N3O/c1-3-15(4-2)10-12(16)14-9-11-7-5-6-8-13-11/h5-8H,3-4,9-10H2,1-2H3,(H,14,16). The third-order valence-electron chi connectivity index (χ3n) is 2.45. The van der Waals surface area contributed by atoms with Gasteiger partial charge in [0.1, 0.15) is 0 Å². The summed E-state index contributed by atoms with van der Waals surface area (Å²) in [5.74, 6) is 0.0503. The minimum atomic E-state index is 0.0503. The van der Waals surface area contributed by atoms with Gasteiger partial charge in [-0.05, 0) is 25.2 Å². The van der Waals surface area contributed by atoms with Gasteiger partial charge in [-0.15, -0.1) is 0 Å². The molecule has 1 heterocycles. The molecule has 1 rings (SSSR count). The predicted octanol–water partition coefficient (Wildman–Crippen LogP) is 1.04. The summed E-state index contributed by atoms with van der Waals surface area (Å²) in [4.78, 5) is 17.8. The second-order valence-electron chi connectivity index (χ2n) is 3.56. The average molecular weight is 221 g/mol. The van der Waals surface area contributed by atoms with Crippen LogP contribution >= 0.6 is 0 Å². The van der Waals surface area contributed by atoms with Gasteiger partial charge in [0, 0.05) is 6.20 Å². The first-order valence-corrected chi connectivity index (χ1v) is 5.65. The van der Waals surface area contributed by atoms with Crippen LogP contribution in [-0.4, -0.2) is 35.4 Å². The Balaban J connectivity index is 2.30. The van der Waals surface area contributed by atoms with Crippen molar-refractivity contribution < 1.29 is 4.79 Å². The van der Waals surface area contributed by atoms with Gasteiger partial charge in [-0.3, -0.25) is 14.7 Å². The predicted molar refractivity (Wildman–Crippen MR) is 63.9 cm³/mol. The molecule has 1 aromatic heterocycles. The number of hydrogen-bond donors (Lipinski definition) is 1. The fourth-order valence-electron chi connectivity index (χ4n) is 1.40. The van der Waals surface area contributed by atoms with Gasteiger partial charge in [0.25, 0.3) is 0 Å². The van der Waals surface area contributed by atoms with Gasteiger partial charge >= 0.3 is 0 Å². The van der Waals surface area contributed by atoms with Crippen LogP contribution in [-0.2, 0) is 11.3 Å². The number of nitrogens with one attached hydrogen (secondary N) is 1. The van der Waals surface area contributed by atoms with E-state index < -0.39 is 0 Å². The minimum Gasteiger partial charge on any atom is -0.349 e. The Kier molecular flexibility index (Phi) is 5.50. The second kappa shape index (κ2) is 6.95. The molecule has 0 atom stereocenters. The van der Waals surface area contributed by atoms with Crippen LogP contribution in [0.1, 0.15) is 19.5 Å². The van der Waals surface area contributed by atoms with Crippen LogP contribution in [0.3, 0.4) is 0 Å². The molecule has 0 unspecified atom stereocenters. The number of likely N-dealkylation sites (N-methyl/N-ethyl adjacent to an activating group) is 1. The van der Waals surface area contributed by atoms with Crippen molar-refractivity contribution in [2.45, 2.75) is 20.4 Å². The van der Waals surface area contributed by atoms with E-state index in [2.05, 4.69) is 29.0 Å². The molecule has 0 saturated carbocycles. The van der Waals surface area contributed by atoms with Crippen molar-refractivity contribution in [1.29, 1.82) is 0 Å². The topological polar surface area (TPSA) is 45.2 Å². The summed E-state index contributed by atoms with van der Waals surface area (Å²) in [5.41, 5.74) is 0.885. The Morgan fingerprint density at radius 3 is 2.69 bits per heavy atom. The minimum absolute atomic E-state index is 0.0503. The van der Waals surface area contributed by atoms with Crippen molar-refractivity contribution >= 4 is 5.91 Å². The van der Waals surface area contributed by atoms with Crippen molar-refractivity contribution in [3.8, 4) is 0 Å². The molecule has 16 heavy (non-hydrogen) atoms. The van der Waals surface area contributed by atoms with E-state index >= 15 is 0 Å². The van der Waals surface area contributed by atoms with Crippen LogP contribution in [0.25, 0.3) is 0 Å². The SMILES string of the molecule is CCN(CC)CC(=O)NCc1ccccn1. The largest absolute Gasteiger partial charge is 0.349 e. The lowest BCUT2D eigenvalue weighted by Gasteiger charge is -2.17. The molecule has 0 aliphatic carbocycles. The lowest BCUT2D eigenvalue weighted by Crippen LogP contribution is -2.36. The molecule has 0 aliphatic rings. The van der Waals surface area contributed by atoms with Gasteiger partial charge in [-0.2, -0.15) is 0 Å². The van der Waals surface area contributed by atoms with Gasteiger partial charge in [0.15, 0.2) is 0 Å². The van der Waals surface area contributed by atoms with Crippen LogP contribution in [0.2, 0.25) is 0 Å². The van der Waals surface area contributed by atoms with Crippen molar-refractivity contribution in [3.63, 3.8) is 0 Å². The number of rotatable bonds is 6. The van der Waals surface area contributed by atoms with E-state index in [-0.39, 0.29) is 5.91 Å². The third-order valence-corrected chi connectivity index (χ3v) is 2.45. The van der Waals surface area contributed by atoms with Crippen LogP contribution < -0.4 is 5.32 Å². The van der Waals surface area contributed by atoms with Crippen molar-refractivity contribution in [2.24, 2.45) is 0 Å². The zero-order chi connectivity index (χ0) is 11.8. The smallest absolute Gasteiger partial charge is 0.234 e. The molecule has 4 heteroatoms. The molecule has 0 radical (unpaired) electrons. The molecule has 0 bridgehead atoms. The lowest BCUT2D eigenvalue weighted by atomic mass is 10.3. The third kappa shape index (κ3) is 4.40. The Morgan fingerprint density at radius 1 is 1.38 bits per heavy atom. The second-order valence-corrected chi connectivity index (χ2v) is 3.56. The highest BCUT2D eigenvalue weighted by Crippen LogP contribution is 1.92. The van der Waals surface area contributed by atoms with E-state index in [0.29, 0.717) is 13.1 Å². The normalized spacial score (nSPS) is 10.4. The summed E-state index contributed by atoms with van der Waals surface area (Å²) < 4.78 is 0. The van der Waals surface area contributed by atoms with E-state index in [9.17, 15) is 4.79 Å². The summed E-state index contributed by atoms with van der Waals surface area (Å²) in [6.07, 6.45) is 1.73. The number of nitrogens with zero attached hydrogens (tertiary/aromatic N) is 2. The fourth-order valence-corrected chi connectivity index (χ4v) is 1.40. The molecule has 1 aromatic rings. The molecular formula is C12H19N3O. The van der Waals surface area contributed by atoms with Gasteiger partial charge in [-0.1, -0.05) is 19.9 Å². The first-order chi connectivity index (χ1) is 7.76. The van der Waals surface area contributed by atoms with Crippen LogP contribution in [0.5, 0.6) is 0 Å². The first-order valence-electron chi connectivity index (χ1n) is 5.65. The summed E-state index contributed by atoms with van der Waals surface area (Å²) >= 11 is 0. The van der Waals surface area contributed by atoms with Crippen LogP contribution in [0.4, 0.5) is 0 Å². The van der Waals surface area contributed by atoms with Crippen LogP contribution in [0, 0.1) is 0 Å². The maximum absolute atomic E-state index is 11.6. The Labute approximate surface area is 96.7 Å². The van der Waals surface area contributed by atoms with Crippen molar-refractivity contribution in [1.82, 2.24) is 15.2 Å². The Morgan fingerprint density at radius 2 is 2.12 bits per heavy atom. The summed E-state index contributed by atoms with van der Waals surface area (Å²) in [6.45, 7) is 6.85. The fraction of sp³-hybridized carbons (Fsp3) is 0.500. The number of carbonyl (C=O) groups excluding carboxylic acids is 1. The van der Waals surface area contributed by atoms with Crippen molar-refractivity contribution in [2.75, 3.05) is 19.6 Å². The van der Waals surface area contributed by atoms with Crippen LogP contribution in [0.15, 0.2) is 24.4 Å². The molecule has 4 nitrogen and oxygen atoms in total. The molecule has 0 saturated heterocycles. The van der Waals surface area contributed by atoms with Gasteiger partial charge < -0.3 is 5.32 Å². The Bertz CT molecular complexity index is 309. The van der Waals surface area contributed by atoms with Gasteiger partial charge in [-0.25, -0.2) is 0 Å². The molecule has 0 fully saturated rings. The molecule has 1 N–H and O–H groups in total. The molecule has 0 spiro atoms. The maximum Gasteiger partial charge on any atom is 0.234 e. The van der Waals surface area contributed by atoms with E-state index in [0.717, 1.165) is 18.8 Å². The number of amides is 1. The highest BCUT2D eigenvalue weighted by Gasteiger charge is 2.06. The molecule has 0 aliphatic heterocycles. The highest BCUT2D eigenvalue weighted by molar-refractivity contribution is 5.77. The summed E-state index contributed by atoms with van der Waals surface area (Å²) in [5, 5.41) is 2.85. The monoisotopic (exact) mass is 221 g/mol. The van der Waals surface area contributed by atoms with Gasteiger partial charge in [0.2, 0.25) is 5.91 Å². The molecule has 0 aromatic carbocycles. The number of pyridine rings is 1. The summed E-state index contributed by atoms with van der Waals surface area (Å²) in [7, 11) is 0. The molecule has 88 valence electrons. The maximum atomic E-state index is 11.6. The van der Waals surface area contributed by atoms with Crippen molar-refractivity contribution in [3.05, 3.63) is 30.1 Å². The van der Waals surface area contributed by atoms with E-state index in [1.807, 2.05) is 18.2 Å². The number of carbonyl (C=O) groups is 1. The number of aromatic nitrogens is 1. The summed E-state index contributed by atoms with van der Waals surface area (Å²) in [6, 6.07) is 5.68. The zero-order valence-electron chi connectivity index (χ0n) is 9.94. The highest BCUT2D eigenvalue weighted by atomic mass is 16.2. The van der Waals surface area contributed by atoms with E-state index in [4.69, 9.17) is 0 Å². The first kappa shape index (κ1) is 12.6. The molecule has 1 amide bonds. The lowest BCUT2D eigenvalue weighted by molar-refractivity contribution is -0.122. The number of hydrogen-bond acceptors (Lipinski definition) is 3. The van der Waals surface area contributed by atoms with E-state index in [1.165, 1.54) is 0 Å². The molecular weight excluding hydrogens is 202 g/mol. The quantitative estimate of drug-likeness (QED) is 0.780. The zero-order valence-corrected chi connectivity index (χ0v) is 9.94. The average Bonchev–Trinajstić information content (AvgIpc) is 2.34. The Hall–Kier alpha value is -1.42.